The van der Waals surface area contributed by atoms with Crippen LogP contribution in [0.5, 0.6) is 0 Å². The Labute approximate surface area is 117 Å². The maximum absolute atomic E-state index is 10.8. The Kier molecular flexibility index (Phi) is 4.89. The molecule has 0 aliphatic carbocycles. The van der Waals surface area contributed by atoms with Crippen LogP contribution in [0.15, 0.2) is 18.2 Å². The summed E-state index contributed by atoms with van der Waals surface area (Å²) in [5.41, 5.74) is 3.59. The lowest BCUT2D eigenvalue weighted by Gasteiger charge is -2.34. The average Bonchev–Trinajstić information content (AvgIpc) is 2.47. The summed E-state index contributed by atoms with van der Waals surface area (Å²) in [5, 5.41) is 20.2. The first-order valence-corrected chi connectivity index (χ1v) is 6.74. The van der Waals surface area contributed by atoms with E-state index < -0.39 is 4.92 Å². The monoisotopic (exact) mass is 280 g/mol. The Morgan fingerprint density at radius 3 is 2.95 bits per heavy atom. The molecular weight excluding hydrogens is 260 g/mol. The summed E-state index contributed by atoms with van der Waals surface area (Å²) in [4.78, 5) is 12.6. The molecule has 1 unspecified atom stereocenters. The lowest BCUT2D eigenvalue weighted by molar-refractivity contribution is -0.384. The van der Waals surface area contributed by atoms with Gasteiger partial charge in [0.2, 0.25) is 0 Å². The number of nitro benzene ring substituents is 1. The highest BCUT2D eigenvalue weighted by atomic mass is 16.6. The van der Waals surface area contributed by atoms with Gasteiger partial charge < -0.3 is 10.5 Å². The zero-order valence-electron chi connectivity index (χ0n) is 11.3. The topological polar surface area (TPSA) is 105 Å². The third kappa shape index (κ3) is 3.24. The smallest absolute Gasteiger partial charge is 0.293 e. The van der Waals surface area contributed by atoms with Crippen LogP contribution in [0.4, 0.5) is 11.4 Å². The van der Waals surface area contributed by atoms with E-state index in [4.69, 9.17) is 5.84 Å². The summed E-state index contributed by atoms with van der Waals surface area (Å²) in [7, 11) is 0. The van der Waals surface area contributed by atoms with Gasteiger partial charge in [0.15, 0.2) is 0 Å². The number of nitrogens with two attached hydrogens (primary N) is 1. The van der Waals surface area contributed by atoms with Gasteiger partial charge in [-0.15, -0.1) is 0 Å². The number of aliphatic hydroxyl groups excluding tert-OH is 1. The number of benzene rings is 1. The molecule has 2 rings (SSSR count). The number of hydrogen-bond acceptors (Lipinski definition) is 6. The molecule has 1 fully saturated rings. The van der Waals surface area contributed by atoms with Crippen molar-refractivity contribution in [3.05, 3.63) is 33.9 Å². The zero-order valence-corrected chi connectivity index (χ0v) is 11.3. The van der Waals surface area contributed by atoms with E-state index in [1.165, 1.54) is 6.07 Å². The summed E-state index contributed by atoms with van der Waals surface area (Å²) >= 11 is 0. The number of nitrogen functional groups attached to an aromatic ring is 1. The van der Waals surface area contributed by atoms with E-state index in [2.05, 4.69) is 10.3 Å². The Morgan fingerprint density at radius 2 is 2.30 bits per heavy atom. The number of aliphatic hydroxyl groups is 1. The first-order valence-electron chi connectivity index (χ1n) is 6.74. The molecule has 0 aromatic heterocycles. The number of rotatable bonds is 5. The summed E-state index contributed by atoms with van der Waals surface area (Å²) in [6.07, 6.45) is 3.24. The van der Waals surface area contributed by atoms with Gasteiger partial charge in [-0.2, -0.15) is 0 Å². The van der Waals surface area contributed by atoms with Crippen molar-refractivity contribution in [2.75, 3.05) is 18.6 Å². The number of nitrogens with one attached hydrogen (secondary N) is 1. The fourth-order valence-corrected chi connectivity index (χ4v) is 2.67. The Morgan fingerprint density at radius 1 is 1.50 bits per heavy atom. The molecule has 1 aromatic carbocycles. The number of hydrazine groups is 1. The molecule has 0 radical (unpaired) electrons. The zero-order chi connectivity index (χ0) is 14.5. The normalized spacial score (nSPS) is 19.8. The molecule has 0 spiro atoms. The maximum Gasteiger partial charge on any atom is 0.293 e. The molecule has 1 aromatic rings. The molecule has 0 amide bonds. The molecule has 1 aliphatic heterocycles. The Hall–Kier alpha value is -1.70. The van der Waals surface area contributed by atoms with Gasteiger partial charge in [-0.25, -0.2) is 0 Å². The first-order chi connectivity index (χ1) is 9.65. The minimum absolute atomic E-state index is 0.0337. The van der Waals surface area contributed by atoms with Crippen LogP contribution in [0.3, 0.4) is 0 Å². The Balaban J connectivity index is 2.14. The molecule has 4 N–H and O–H groups in total. The molecular formula is C13H20N4O3. The molecule has 1 heterocycles. The van der Waals surface area contributed by atoms with E-state index in [9.17, 15) is 15.2 Å². The number of anilines is 1. The van der Waals surface area contributed by atoms with Crippen LogP contribution in [0.25, 0.3) is 0 Å². The number of piperidine rings is 1. The largest absolute Gasteiger partial charge is 0.395 e. The van der Waals surface area contributed by atoms with Crippen molar-refractivity contribution in [3.8, 4) is 0 Å². The summed E-state index contributed by atoms with van der Waals surface area (Å²) in [5.74, 6) is 5.34. The van der Waals surface area contributed by atoms with E-state index in [1.54, 1.807) is 12.1 Å². The van der Waals surface area contributed by atoms with E-state index >= 15 is 0 Å². The molecule has 20 heavy (non-hydrogen) atoms. The molecule has 0 saturated carbocycles. The van der Waals surface area contributed by atoms with Crippen molar-refractivity contribution >= 4 is 11.4 Å². The minimum Gasteiger partial charge on any atom is -0.395 e. The fraction of sp³-hybridized carbons (Fsp3) is 0.538. The van der Waals surface area contributed by atoms with Gasteiger partial charge in [-0.05, 0) is 31.0 Å². The second kappa shape index (κ2) is 6.65. The summed E-state index contributed by atoms with van der Waals surface area (Å²) < 4.78 is 0. The van der Waals surface area contributed by atoms with Gasteiger partial charge in [0.25, 0.3) is 5.69 Å². The van der Waals surface area contributed by atoms with E-state index in [-0.39, 0.29) is 18.3 Å². The SMILES string of the molecule is NNc1cc(CN2CCCCC2CO)ccc1[N+](=O)[O-]. The van der Waals surface area contributed by atoms with Crippen LogP contribution in [-0.2, 0) is 6.54 Å². The van der Waals surface area contributed by atoms with Crippen molar-refractivity contribution in [1.82, 2.24) is 4.90 Å². The second-order valence-electron chi connectivity index (χ2n) is 5.06. The molecule has 110 valence electrons. The van der Waals surface area contributed by atoms with E-state index in [0.717, 1.165) is 31.4 Å². The Bertz CT molecular complexity index is 481. The highest BCUT2D eigenvalue weighted by Gasteiger charge is 2.22. The summed E-state index contributed by atoms with van der Waals surface area (Å²) in [6, 6.07) is 5.07. The minimum atomic E-state index is -0.462. The number of nitro groups is 1. The van der Waals surface area contributed by atoms with Crippen molar-refractivity contribution in [2.24, 2.45) is 5.84 Å². The van der Waals surface area contributed by atoms with Crippen LogP contribution < -0.4 is 11.3 Å². The lowest BCUT2D eigenvalue weighted by Crippen LogP contribution is -2.41. The standard InChI is InChI=1S/C13H20N4O3/c14-15-12-7-10(4-5-13(12)17(19)20)8-16-6-2-1-3-11(16)9-18/h4-5,7,11,15,18H,1-3,6,8-9,14H2. The number of likely N-dealkylation sites (tertiary alicyclic amines) is 1. The average molecular weight is 280 g/mol. The van der Waals surface area contributed by atoms with Crippen LogP contribution >= 0.6 is 0 Å². The van der Waals surface area contributed by atoms with Gasteiger partial charge in [0.05, 0.1) is 11.5 Å². The number of nitrogens with zero attached hydrogens (tertiary/aromatic N) is 2. The molecule has 1 atom stereocenters. The summed E-state index contributed by atoms with van der Waals surface area (Å²) in [6.45, 7) is 1.75. The molecule has 1 aliphatic rings. The first kappa shape index (κ1) is 14.7. The van der Waals surface area contributed by atoms with Gasteiger partial charge in [0.1, 0.15) is 5.69 Å². The van der Waals surface area contributed by atoms with E-state index in [1.807, 2.05) is 0 Å². The van der Waals surface area contributed by atoms with Gasteiger partial charge in [-0.3, -0.25) is 20.9 Å². The highest BCUT2D eigenvalue weighted by Crippen LogP contribution is 2.26. The van der Waals surface area contributed by atoms with Crippen molar-refractivity contribution < 1.29 is 10.0 Å². The molecule has 7 heteroatoms. The van der Waals surface area contributed by atoms with Crippen LogP contribution in [0, 0.1) is 10.1 Å². The lowest BCUT2D eigenvalue weighted by atomic mass is 10.0. The predicted molar refractivity (Wildman–Crippen MR) is 76.0 cm³/mol. The molecule has 1 saturated heterocycles. The fourth-order valence-electron chi connectivity index (χ4n) is 2.67. The second-order valence-corrected chi connectivity index (χ2v) is 5.06. The highest BCUT2D eigenvalue weighted by molar-refractivity contribution is 5.62. The molecule has 7 nitrogen and oxygen atoms in total. The quantitative estimate of drug-likeness (QED) is 0.425. The van der Waals surface area contributed by atoms with Crippen LogP contribution in [0.1, 0.15) is 24.8 Å². The number of hydrogen-bond donors (Lipinski definition) is 3. The van der Waals surface area contributed by atoms with Gasteiger partial charge in [0, 0.05) is 18.7 Å². The predicted octanol–water partition coefficient (Wildman–Crippen LogP) is 1.23. The van der Waals surface area contributed by atoms with Gasteiger partial charge >= 0.3 is 0 Å². The van der Waals surface area contributed by atoms with Crippen LogP contribution in [-0.4, -0.2) is 34.1 Å². The van der Waals surface area contributed by atoms with Crippen molar-refractivity contribution in [1.29, 1.82) is 0 Å². The maximum atomic E-state index is 10.8. The third-order valence-electron chi connectivity index (χ3n) is 3.76. The van der Waals surface area contributed by atoms with E-state index in [0.29, 0.717) is 12.2 Å². The van der Waals surface area contributed by atoms with Crippen molar-refractivity contribution in [3.63, 3.8) is 0 Å². The molecule has 0 bridgehead atoms. The van der Waals surface area contributed by atoms with Crippen LogP contribution in [0.2, 0.25) is 0 Å². The van der Waals surface area contributed by atoms with Crippen molar-refractivity contribution in [2.45, 2.75) is 31.8 Å². The third-order valence-corrected chi connectivity index (χ3v) is 3.76. The van der Waals surface area contributed by atoms with Gasteiger partial charge in [-0.1, -0.05) is 12.5 Å².